The number of rotatable bonds is 4. The molecule has 0 nitrogen and oxygen atoms in total. The van der Waals surface area contributed by atoms with E-state index in [0.717, 1.165) is 12.0 Å². The highest BCUT2D eigenvalue weighted by atomic mass is 14.0. The molecule has 0 saturated carbocycles. The summed E-state index contributed by atoms with van der Waals surface area (Å²) in [7, 11) is 0. The van der Waals surface area contributed by atoms with Crippen molar-refractivity contribution in [2.24, 2.45) is 0 Å². The predicted molar refractivity (Wildman–Crippen MR) is 70.7 cm³/mol. The average Bonchev–Trinajstić information content (AvgIpc) is 2.23. The first-order chi connectivity index (χ1) is 6.72. The molecule has 0 heterocycles. The van der Waals surface area contributed by atoms with E-state index in [1.165, 1.54) is 12.0 Å². The van der Waals surface area contributed by atoms with E-state index < -0.39 is 0 Å². The van der Waals surface area contributed by atoms with Gasteiger partial charge in [-0.1, -0.05) is 71.9 Å². The van der Waals surface area contributed by atoms with Gasteiger partial charge in [-0.3, -0.25) is 0 Å². The molecule has 0 spiro atoms. The second-order valence-corrected chi connectivity index (χ2v) is 2.46. The van der Waals surface area contributed by atoms with E-state index >= 15 is 0 Å². The van der Waals surface area contributed by atoms with Gasteiger partial charge in [0.2, 0.25) is 0 Å². The highest BCUT2D eigenvalue weighted by Crippen LogP contribution is 2.12. The molecule has 84 valence electrons. The fourth-order valence-corrected chi connectivity index (χ4v) is 0.851. The Labute approximate surface area is 91.4 Å². The van der Waals surface area contributed by atoms with Crippen LogP contribution in [0.1, 0.15) is 54.4 Å². The predicted octanol–water partition coefficient (Wildman–Crippen LogP) is 5.53. The third kappa shape index (κ3) is 13.8. The molecule has 0 radical (unpaired) electrons. The quantitative estimate of drug-likeness (QED) is 0.519. The Morgan fingerprint density at radius 2 is 1.57 bits per heavy atom. The SMILES string of the molecule is C=C/C=C(/CCC)C(=C)C.CC.CC. The zero-order chi connectivity index (χ0) is 12.0. The lowest BCUT2D eigenvalue weighted by atomic mass is 10.0. The standard InChI is InChI=1S/C10H16.2C2H6/c1-5-7-10(8-6-2)9(3)4;2*1-2/h5,7H,1,3,6,8H2,2,4H3;2*1-2H3/b10-7-;;. The van der Waals surface area contributed by atoms with Crippen molar-refractivity contribution in [2.75, 3.05) is 0 Å². The monoisotopic (exact) mass is 196 g/mol. The van der Waals surface area contributed by atoms with Crippen molar-refractivity contribution in [2.45, 2.75) is 54.4 Å². The van der Waals surface area contributed by atoms with Crippen LogP contribution in [0, 0.1) is 0 Å². The van der Waals surface area contributed by atoms with E-state index in [4.69, 9.17) is 0 Å². The van der Waals surface area contributed by atoms with E-state index in [1.807, 2.05) is 46.8 Å². The minimum Gasteiger partial charge on any atom is -0.0991 e. The molecular formula is C14H28. The van der Waals surface area contributed by atoms with Crippen molar-refractivity contribution in [3.8, 4) is 0 Å². The lowest BCUT2D eigenvalue weighted by molar-refractivity contribution is 0.913. The van der Waals surface area contributed by atoms with Crippen LogP contribution in [0.5, 0.6) is 0 Å². The Morgan fingerprint density at radius 1 is 1.14 bits per heavy atom. The van der Waals surface area contributed by atoms with Crippen LogP contribution in [-0.2, 0) is 0 Å². The van der Waals surface area contributed by atoms with Crippen LogP contribution in [0.2, 0.25) is 0 Å². The number of hydrogen-bond acceptors (Lipinski definition) is 0. The second-order valence-electron chi connectivity index (χ2n) is 2.46. The van der Waals surface area contributed by atoms with Crippen molar-refractivity contribution >= 4 is 0 Å². The van der Waals surface area contributed by atoms with Gasteiger partial charge in [0.25, 0.3) is 0 Å². The summed E-state index contributed by atoms with van der Waals surface area (Å²) >= 11 is 0. The van der Waals surface area contributed by atoms with Crippen molar-refractivity contribution < 1.29 is 0 Å². The van der Waals surface area contributed by atoms with E-state index in [9.17, 15) is 0 Å². The molecule has 0 aliphatic carbocycles. The smallest absolute Gasteiger partial charge is 0.0279 e. The summed E-state index contributed by atoms with van der Waals surface area (Å²) < 4.78 is 0. The number of hydrogen-bond donors (Lipinski definition) is 0. The minimum atomic E-state index is 1.11. The summed E-state index contributed by atoms with van der Waals surface area (Å²) in [5.74, 6) is 0. The molecule has 0 amide bonds. The molecule has 0 unspecified atom stereocenters. The summed E-state index contributed by atoms with van der Waals surface area (Å²) in [6, 6.07) is 0. The Balaban J connectivity index is -0.000000266. The van der Waals surface area contributed by atoms with Crippen LogP contribution in [0.25, 0.3) is 0 Å². The third-order valence-electron chi connectivity index (χ3n) is 1.39. The molecule has 0 aliphatic heterocycles. The van der Waals surface area contributed by atoms with Gasteiger partial charge in [0.05, 0.1) is 0 Å². The summed E-state index contributed by atoms with van der Waals surface area (Å²) in [6.07, 6.45) is 6.14. The fourth-order valence-electron chi connectivity index (χ4n) is 0.851. The molecule has 0 fully saturated rings. The topological polar surface area (TPSA) is 0 Å². The number of allylic oxidation sites excluding steroid dienone is 4. The maximum Gasteiger partial charge on any atom is -0.0279 e. The molecule has 0 atom stereocenters. The van der Waals surface area contributed by atoms with Crippen LogP contribution in [0.3, 0.4) is 0 Å². The Bertz CT molecular complexity index is 149. The van der Waals surface area contributed by atoms with E-state index in [-0.39, 0.29) is 0 Å². The maximum atomic E-state index is 3.88. The Morgan fingerprint density at radius 3 is 1.79 bits per heavy atom. The summed E-state index contributed by atoms with van der Waals surface area (Å²) in [5.41, 5.74) is 2.47. The molecule has 0 heteroatoms. The molecule has 0 aromatic carbocycles. The molecular weight excluding hydrogens is 168 g/mol. The highest BCUT2D eigenvalue weighted by molar-refractivity contribution is 5.29. The van der Waals surface area contributed by atoms with Gasteiger partial charge in [0.1, 0.15) is 0 Å². The zero-order valence-electron chi connectivity index (χ0n) is 11.0. The maximum absolute atomic E-state index is 3.88. The van der Waals surface area contributed by atoms with Crippen molar-refractivity contribution in [3.05, 3.63) is 36.5 Å². The van der Waals surface area contributed by atoms with Crippen LogP contribution in [0.4, 0.5) is 0 Å². The van der Waals surface area contributed by atoms with Gasteiger partial charge in [0.15, 0.2) is 0 Å². The van der Waals surface area contributed by atoms with Gasteiger partial charge in [-0.15, -0.1) is 0 Å². The fraction of sp³-hybridized carbons (Fsp3) is 0.571. The van der Waals surface area contributed by atoms with Crippen molar-refractivity contribution in [1.29, 1.82) is 0 Å². The second kappa shape index (κ2) is 18.1. The first kappa shape index (κ1) is 18.9. The molecule has 0 aromatic heterocycles. The first-order valence-electron chi connectivity index (χ1n) is 5.69. The molecule has 0 rings (SSSR count). The minimum absolute atomic E-state index is 1.11. The lowest BCUT2D eigenvalue weighted by Crippen LogP contribution is -1.82. The first-order valence-corrected chi connectivity index (χ1v) is 5.69. The van der Waals surface area contributed by atoms with E-state index in [2.05, 4.69) is 20.1 Å². The highest BCUT2D eigenvalue weighted by Gasteiger charge is 1.93. The average molecular weight is 196 g/mol. The molecule has 0 N–H and O–H groups in total. The van der Waals surface area contributed by atoms with Gasteiger partial charge in [-0.25, -0.2) is 0 Å². The molecule has 0 aliphatic rings. The van der Waals surface area contributed by atoms with E-state index in [1.54, 1.807) is 0 Å². The molecule has 0 aromatic rings. The molecule has 0 saturated heterocycles. The van der Waals surface area contributed by atoms with Gasteiger partial charge in [0, 0.05) is 0 Å². The van der Waals surface area contributed by atoms with Gasteiger partial charge < -0.3 is 0 Å². The van der Waals surface area contributed by atoms with Crippen LogP contribution in [-0.4, -0.2) is 0 Å². The summed E-state index contributed by atoms with van der Waals surface area (Å²) in [5, 5.41) is 0. The summed E-state index contributed by atoms with van der Waals surface area (Å²) in [4.78, 5) is 0. The van der Waals surface area contributed by atoms with E-state index in [0.29, 0.717) is 0 Å². The zero-order valence-corrected chi connectivity index (χ0v) is 11.0. The normalized spacial score (nSPS) is 8.86. The largest absolute Gasteiger partial charge is 0.0991 e. The molecule has 0 bridgehead atoms. The van der Waals surface area contributed by atoms with Crippen molar-refractivity contribution in [1.82, 2.24) is 0 Å². The lowest BCUT2D eigenvalue weighted by Gasteiger charge is -2.02. The van der Waals surface area contributed by atoms with Crippen LogP contribution in [0.15, 0.2) is 36.5 Å². The van der Waals surface area contributed by atoms with Gasteiger partial charge >= 0.3 is 0 Å². The Hall–Kier alpha value is -0.780. The van der Waals surface area contributed by atoms with Gasteiger partial charge in [-0.05, 0) is 18.9 Å². The van der Waals surface area contributed by atoms with Crippen molar-refractivity contribution in [3.63, 3.8) is 0 Å². The Kier molecular flexibility index (Phi) is 24.4. The summed E-state index contributed by atoms with van der Waals surface area (Å²) in [6.45, 7) is 19.7. The third-order valence-corrected chi connectivity index (χ3v) is 1.39. The molecule has 14 heavy (non-hydrogen) atoms. The van der Waals surface area contributed by atoms with Crippen LogP contribution >= 0.6 is 0 Å². The van der Waals surface area contributed by atoms with Gasteiger partial charge in [-0.2, -0.15) is 0 Å². The van der Waals surface area contributed by atoms with Crippen LogP contribution < -0.4 is 0 Å².